The topological polar surface area (TPSA) is 96.2 Å². The number of methoxy groups -OCH3 is 1. The molecular weight excluding hydrogens is 372 g/mol. The van der Waals surface area contributed by atoms with Crippen LogP contribution in [0.2, 0.25) is 0 Å². The van der Waals surface area contributed by atoms with Gasteiger partial charge in [0.2, 0.25) is 0 Å². The van der Waals surface area contributed by atoms with Gasteiger partial charge < -0.3 is 24.8 Å². The molecule has 6 heteroatoms. The van der Waals surface area contributed by atoms with Crippen molar-refractivity contribution in [3.63, 3.8) is 0 Å². The normalized spacial score (nSPS) is 25.5. The number of carbonyl (C=O) groups excluding carboxylic acids is 1. The highest BCUT2D eigenvalue weighted by atomic mass is 16.5. The van der Waals surface area contributed by atoms with Crippen LogP contribution in [-0.2, 0) is 9.53 Å². The van der Waals surface area contributed by atoms with E-state index in [1.807, 2.05) is 42.5 Å². The Kier molecular flexibility index (Phi) is 9.91. The summed E-state index contributed by atoms with van der Waals surface area (Å²) in [6.07, 6.45) is 8.19. The number of hydrogen-bond donors (Lipinski definition) is 3. The molecule has 1 aromatic carbocycles. The van der Waals surface area contributed by atoms with E-state index in [9.17, 15) is 20.1 Å². The van der Waals surface area contributed by atoms with Crippen LogP contribution in [0.1, 0.15) is 32.1 Å². The molecular formula is C23H32O6. The number of unbranched alkanes of at least 4 members (excludes halogenated alkanes) is 1. The van der Waals surface area contributed by atoms with Crippen molar-refractivity contribution in [3.8, 4) is 5.75 Å². The maximum absolute atomic E-state index is 11.1. The van der Waals surface area contributed by atoms with Crippen LogP contribution in [0.25, 0.3) is 0 Å². The molecule has 4 unspecified atom stereocenters. The van der Waals surface area contributed by atoms with Crippen molar-refractivity contribution in [2.24, 2.45) is 11.8 Å². The second-order valence-corrected chi connectivity index (χ2v) is 7.36. The summed E-state index contributed by atoms with van der Waals surface area (Å²) in [6, 6.07) is 9.26. The Morgan fingerprint density at radius 1 is 1.21 bits per heavy atom. The fourth-order valence-corrected chi connectivity index (χ4v) is 3.55. The lowest BCUT2D eigenvalue weighted by Crippen LogP contribution is -2.21. The highest BCUT2D eigenvalue weighted by molar-refractivity contribution is 5.69. The van der Waals surface area contributed by atoms with Gasteiger partial charge in [0.15, 0.2) is 0 Å². The van der Waals surface area contributed by atoms with Crippen molar-refractivity contribution in [1.29, 1.82) is 0 Å². The largest absolute Gasteiger partial charge is 0.491 e. The predicted octanol–water partition coefficient (Wildman–Crippen LogP) is 2.63. The number of hydrogen-bond acceptors (Lipinski definition) is 6. The molecule has 1 aromatic rings. The van der Waals surface area contributed by atoms with Gasteiger partial charge >= 0.3 is 5.97 Å². The molecule has 3 N–H and O–H groups in total. The lowest BCUT2D eigenvalue weighted by molar-refractivity contribution is -0.140. The number of para-hydroxylation sites is 1. The molecule has 0 spiro atoms. The monoisotopic (exact) mass is 404 g/mol. The summed E-state index contributed by atoms with van der Waals surface area (Å²) in [4.78, 5) is 11.1. The van der Waals surface area contributed by atoms with Crippen molar-refractivity contribution >= 4 is 5.97 Å². The molecule has 0 aliphatic heterocycles. The van der Waals surface area contributed by atoms with E-state index in [1.165, 1.54) is 7.11 Å². The van der Waals surface area contributed by atoms with E-state index in [4.69, 9.17) is 4.74 Å². The SMILES string of the molecule is COC(=O)CCC/C=C/CC1C(O)CC(O)[C@@H]1/C=C/C(O)COc1ccccc1. The zero-order chi connectivity index (χ0) is 21.1. The average Bonchev–Trinajstić information content (AvgIpc) is 3.00. The van der Waals surface area contributed by atoms with Crippen molar-refractivity contribution in [2.75, 3.05) is 13.7 Å². The van der Waals surface area contributed by atoms with Crippen LogP contribution < -0.4 is 4.74 Å². The number of esters is 1. The van der Waals surface area contributed by atoms with E-state index in [0.29, 0.717) is 25.0 Å². The summed E-state index contributed by atoms with van der Waals surface area (Å²) >= 11 is 0. The quantitative estimate of drug-likeness (QED) is 0.298. The van der Waals surface area contributed by atoms with Gasteiger partial charge in [-0.15, -0.1) is 0 Å². The second-order valence-electron chi connectivity index (χ2n) is 7.36. The Morgan fingerprint density at radius 3 is 2.69 bits per heavy atom. The van der Waals surface area contributed by atoms with Gasteiger partial charge in [-0.3, -0.25) is 4.79 Å². The molecule has 29 heavy (non-hydrogen) atoms. The summed E-state index contributed by atoms with van der Waals surface area (Å²) in [5.41, 5.74) is 0. The van der Waals surface area contributed by atoms with Crippen LogP contribution >= 0.6 is 0 Å². The number of benzene rings is 1. The van der Waals surface area contributed by atoms with E-state index in [2.05, 4.69) is 4.74 Å². The summed E-state index contributed by atoms with van der Waals surface area (Å²) in [5, 5.41) is 30.7. The molecule has 0 heterocycles. The first-order chi connectivity index (χ1) is 14.0. The Balaban J connectivity index is 1.80. The van der Waals surface area contributed by atoms with Gasteiger partial charge in [-0.05, 0) is 37.3 Å². The number of aliphatic hydroxyl groups excluding tert-OH is 3. The van der Waals surface area contributed by atoms with Crippen LogP contribution in [0.3, 0.4) is 0 Å². The van der Waals surface area contributed by atoms with Gasteiger partial charge in [0, 0.05) is 18.8 Å². The summed E-state index contributed by atoms with van der Waals surface area (Å²) in [5.74, 6) is 0.135. The lowest BCUT2D eigenvalue weighted by atomic mass is 9.89. The maximum Gasteiger partial charge on any atom is 0.305 e. The lowest BCUT2D eigenvalue weighted by Gasteiger charge is -2.19. The van der Waals surface area contributed by atoms with Gasteiger partial charge in [0.1, 0.15) is 18.5 Å². The average molecular weight is 405 g/mol. The van der Waals surface area contributed by atoms with Crippen molar-refractivity contribution in [2.45, 2.75) is 50.4 Å². The summed E-state index contributed by atoms with van der Waals surface area (Å²) in [7, 11) is 1.38. The zero-order valence-electron chi connectivity index (χ0n) is 16.9. The number of ether oxygens (including phenoxy) is 2. The molecule has 2 rings (SSSR count). The van der Waals surface area contributed by atoms with E-state index in [1.54, 1.807) is 12.2 Å². The molecule has 0 bridgehead atoms. The first-order valence-electron chi connectivity index (χ1n) is 10.1. The van der Waals surface area contributed by atoms with Crippen molar-refractivity contribution in [3.05, 3.63) is 54.6 Å². The Morgan fingerprint density at radius 2 is 1.97 bits per heavy atom. The van der Waals surface area contributed by atoms with E-state index < -0.39 is 18.3 Å². The third-order valence-corrected chi connectivity index (χ3v) is 5.19. The minimum atomic E-state index is -0.797. The van der Waals surface area contributed by atoms with Gasteiger partial charge in [-0.2, -0.15) is 0 Å². The molecule has 1 saturated carbocycles. The minimum Gasteiger partial charge on any atom is -0.491 e. The van der Waals surface area contributed by atoms with Crippen molar-refractivity contribution < 1.29 is 29.6 Å². The Hall–Kier alpha value is -2.15. The van der Waals surface area contributed by atoms with Gasteiger partial charge in [0.25, 0.3) is 0 Å². The van der Waals surface area contributed by atoms with Crippen LogP contribution in [0, 0.1) is 11.8 Å². The second kappa shape index (κ2) is 12.4. The molecule has 160 valence electrons. The molecule has 0 amide bonds. The number of aliphatic hydroxyl groups is 3. The van der Waals surface area contributed by atoms with Crippen LogP contribution in [0.15, 0.2) is 54.6 Å². The maximum atomic E-state index is 11.1. The highest BCUT2D eigenvalue weighted by Gasteiger charge is 2.39. The fraction of sp³-hybridized carbons (Fsp3) is 0.522. The van der Waals surface area contributed by atoms with Crippen LogP contribution in [0.4, 0.5) is 0 Å². The molecule has 6 nitrogen and oxygen atoms in total. The molecule has 0 saturated heterocycles. The summed E-state index contributed by atoms with van der Waals surface area (Å²) in [6.45, 7) is 0.122. The molecule has 1 aliphatic carbocycles. The number of carbonyl (C=O) groups is 1. The van der Waals surface area contributed by atoms with Gasteiger partial charge in [-0.25, -0.2) is 0 Å². The standard InChI is InChI=1S/C23H32O6/c1-28-23(27)12-8-3-2-7-11-19-20(22(26)15-21(19)25)14-13-17(24)16-29-18-9-5-4-6-10-18/h2,4-7,9-10,13-14,17,19-22,24-26H,3,8,11-12,15-16H2,1H3/b7-2+,14-13+/t17?,19?,20-,21?,22?/m1/s1. The van der Waals surface area contributed by atoms with Crippen LogP contribution in [0.5, 0.6) is 5.75 Å². The van der Waals surface area contributed by atoms with Gasteiger partial charge in [0.05, 0.1) is 19.3 Å². The fourth-order valence-electron chi connectivity index (χ4n) is 3.55. The van der Waals surface area contributed by atoms with E-state index >= 15 is 0 Å². The van der Waals surface area contributed by atoms with Gasteiger partial charge in [-0.1, -0.05) is 42.5 Å². The molecule has 1 fully saturated rings. The number of rotatable bonds is 11. The molecule has 5 atom stereocenters. The third kappa shape index (κ3) is 8.01. The Labute approximate surface area is 172 Å². The van der Waals surface area contributed by atoms with E-state index in [-0.39, 0.29) is 24.4 Å². The first kappa shape index (κ1) is 23.1. The van der Waals surface area contributed by atoms with E-state index in [0.717, 1.165) is 12.8 Å². The molecule has 0 aromatic heterocycles. The number of allylic oxidation sites excluding steroid dienone is 2. The summed E-state index contributed by atoms with van der Waals surface area (Å²) < 4.78 is 10.1. The smallest absolute Gasteiger partial charge is 0.305 e. The first-order valence-corrected chi connectivity index (χ1v) is 10.1. The van der Waals surface area contributed by atoms with Crippen molar-refractivity contribution in [1.82, 2.24) is 0 Å². The molecule has 0 radical (unpaired) electrons. The van der Waals surface area contributed by atoms with Crippen LogP contribution in [-0.4, -0.2) is 53.3 Å². The molecule has 1 aliphatic rings. The Bertz CT molecular complexity index is 657. The third-order valence-electron chi connectivity index (χ3n) is 5.19. The predicted molar refractivity (Wildman–Crippen MR) is 110 cm³/mol. The minimum absolute atomic E-state index is 0.111. The zero-order valence-corrected chi connectivity index (χ0v) is 16.9. The highest BCUT2D eigenvalue weighted by Crippen LogP contribution is 2.36.